The second kappa shape index (κ2) is 55.1. The van der Waals surface area contributed by atoms with Crippen molar-refractivity contribution in [3.05, 3.63) is 0 Å². The number of rotatable bonds is 40. The molecule has 136 heavy (non-hydrogen) atoms. The minimum absolute atomic E-state index is 0.00937. The Morgan fingerprint density at radius 2 is 0.250 bits per heavy atom. The Labute approximate surface area is 779 Å². The zero-order valence-electron chi connectivity index (χ0n) is 74.6. The summed E-state index contributed by atoms with van der Waals surface area (Å²) < 4.78 is 103. The minimum atomic E-state index is -2.24. The normalized spacial score (nSPS) is 39.5. The minimum Gasteiger partial charge on any atom is -0.387 e. The van der Waals surface area contributed by atoms with E-state index < -0.39 is 246 Å². The molecule has 30 rings (SSSR count). The molecule has 56 N–H and O–H groups in total. The van der Waals surface area contributed by atoms with Gasteiger partial charge in [0.2, 0.25) is 0 Å². The van der Waals surface area contributed by atoms with Crippen LogP contribution in [0.1, 0.15) is 0 Å². The number of nitrogens with two attached hydrogens (primary N) is 16. The maximum absolute atomic E-state index is 12.5. The zero-order chi connectivity index (χ0) is 99.3. The molecule has 0 spiro atoms. The van der Waals surface area contributed by atoms with Gasteiger partial charge in [-0.1, -0.05) is 0 Å². The fourth-order valence-corrected chi connectivity index (χ4v) is 16.1. The molecule has 64 heteroatoms. The van der Waals surface area contributed by atoms with Crippen LogP contribution in [0.2, 0.25) is 0 Å². The van der Waals surface area contributed by atoms with Gasteiger partial charge in [-0.3, -0.25) is 39.9 Å². The van der Waals surface area contributed by atoms with Gasteiger partial charge in [0, 0.05) is 105 Å². The molecular weight excluding hydrogens is 1820 g/mol. The van der Waals surface area contributed by atoms with Crippen LogP contribution in [0.4, 0.5) is 0 Å². The predicted octanol–water partition coefficient (Wildman–Crippen LogP) is -26.4. The molecule has 40 atom stereocenters. The third-order valence-corrected chi connectivity index (χ3v) is 22.9. The highest BCUT2D eigenvalue weighted by atomic mass is 16.8. The largest absolute Gasteiger partial charge is 0.387 e. The molecule has 784 valence electrons. The van der Waals surface area contributed by atoms with Crippen LogP contribution in [0.3, 0.4) is 0 Å². The van der Waals surface area contributed by atoms with Crippen molar-refractivity contribution in [2.75, 3.05) is 157 Å². The van der Waals surface area contributed by atoms with Crippen molar-refractivity contribution in [1.82, 2.24) is 42.5 Å². The Bertz CT molecular complexity index is 3070. The molecule has 0 amide bonds. The lowest BCUT2D eigenvalue weighted by Crippen LogP contribution is -2.70. The van der Waals surface area contributed by atoms with E-state index in [0.29, 0.717) is 0 Å². The van der Waals surface area contributed by atoms with Crippen LogP contribution in [-0.4, -0.2) is 532 Å². The summed E-state index contributed by atoms with van der Waals surface area (Å²) in [6.07, 6.45) is -78.8. The molecule has 0 saturated carbocycles. The first kappa shape index (κ1) is 112. The van der Waals surface area contributed by atoms with Gasteiger partial charge < -0.3 is 292 Å². The Hall–Kier alpha value is -7.44. The molecule has 30 saturated heterocycles. The van der Waals surface area contributed by atoms with Gasteiger partial charge in [0.25, 0.3) is 0 Å². The number of aliphatic imine (C=N–C) groups is 8. The number of nitrogens with zero attached hydrogens (tertiary/aromatic N) is 8. The van der Waals surface area contributed by atoms with Crippen molar-refractivity contribution < 1.29 is 157 Å². The van der Waals surface area contributed by atoms with Gasteiger partial charge in [0.15, 0.2) is 98.0 Å². The third kappa shape index (κ3) is 32.3. The molecule has 0 radical (unpaired) electrons. The first-order valence-electron chi connectivity index (χ1n) is 44.2. The lowest BCUT2D eigenvalue weighted by atomic mass is 9.94. The molecule has 16 bridgehead atoms. The number of hydrogen-bond donors (Lipinski definition) is 40. The molecule has 30 heterocycles. The van der Waals surface area contributed by atoms with Gasteiger partial charge in [-0.25, -0.2) is 0 Å². The SMILES string of the molecule is NC(N)=NCCNC[C@H]1O[C@@H]2O[C@H]3[C@H](O)[C@@H](O)[C@@H](O[C@H]4[C@H](O)[C@@H](O)[C@@H](O[C@H]5[C@H](O)[C@@H](O)[C@@H](O[C@H]6[C@H](O)[C@@H](O)[C@@H](O[C@H]7[C@H](O)[C@@H](O)[C@@H](O[C@H]8[C@H](O)[C@@H](O)[C@@H](O[C@H]9[C@H](O)[C@@H](O)[C@@H](O[C@H]1[C@H](O)[C@H]2O)O[C@@H]9CNCCN=C(N)N)O[C@@H]8CNCCN=C(N)N)O[C@@H]7CNCCN=C(N)N)O[C@@H]6CNCCN=C(N)N)O[C@@H]5CNCCN=C(N)N)O[C@@H]4CNCCN=C(N)N)O[C@@H]3CNCCN=C(N)N. The average Bonchev–Trinajstić information content (AvgIpc) is 0.763. The van der Waals surface area contributed by atoms with Crippen LogP contribution >= 0.6 is 0 Å². The Balaban J connectivity index is 1.13. The fraction of sp³-hybridized carbons (Fsp3) is 0.889. The topological polar surface area (TPSA) is 1080 Å². The summed E-state index contributed by atoms with van der Waals surface area (Å²) in [5.74, 6) is -2.25. The predicted molar refractivity (Wildman–Crippen MR) is 473 cm³/mol. The highest BCUT2D eigenvalue weighted by Gasteiger charge is 2.61. The third-order valence-electron chi connectivity index (χ3n) is 22.9. The highest BCUT2D eigenvalue weighted by Crippen LogP contribution is 2.40. The first-order chi connectivity index (χ1) is 64.7. The Kier molecular flexibility index (Phi) is 45.4. The number of hydrogen-bond acceptors (Lipinski definition) is 48. The van der Waals surface area contributed by atoms with Crippen LogP contribution in [0.15, 0.2) is 39.9 Å². The number of aliphatic hydroxyl groups is 16. The van der Waals surface area contributed by atoms with E-state index >= 15 is 0 Å². The fourth-order valence-electron chi connectivity index (χ4n) is 16.1. The van der Waals surface area contributed by atoms with Crippen molar-refractivity contribution in [1.29, 1.82) is 0 Å². The van der Waals surface area contributed by atoms with E-state index in [0.717, 1.165) is 0 Å². The summed E-state index contributed by atoms with van der Waals surface area (Å²) in [5.41, 5.74) is 90.0. The van der Waals surface area contributed by atoms with Gasteiger partial charge in [-0.15, -0.1) is 0 Å². The molecule has 30 aliphatic rings. The van der Waals surface area contributed by atoms with Gasteiger partial charge in [0.1, 0.15) is 195 Å². The monoisotopic (exact) mass is 1970 g/mol. The molecule has 0 aromatic rings. The number of ether oxygens (including phenoxy) is 16. The van der Waals surface area contributed by atoms with Crippen LogP contribution in [-0.2, 0) is 75.8 Å². The van der Waals surface area contributed by atoms with E-state index in [4.69, 9.17) is 168 Å². The molecule has 30 fully saturated rings. The van der Waals surface area contributed by atoms with E-state index in [1.165, 1.54) is 0 Å². The molecule has 30 aliphatic heterocycles. The summed E-state index contributed by atoms with van der Waals surface area (Å²) in [6.45, 7) is -3.39. The first-order valence-corrected chi connectivity index (χ1v) is 44.2. The van der Waals surface area contributed by atoms with Crippen LogP contribution in [0, 0.1) is 0 Å². The van der Waals surface area contributed by atoms with Crippen molar-refractivity contribution in [3.8, 4) is 0 Å². The molecule has 0 aromatic carbocycles. The van der Waals surface area contributed by atoms with Gasteiger partial charge >= 0.3 is 0 Å². The number of guanidine groups is 8. The maximum atomic E-state index is 12.5. The molecular formula is C72H144N32O32. The molecule has 0 aromatic heterocycles. The van der Waals surface area contributed by atoms with Gasteiger partial charge in [0.05, 0.1) is 52.4 Å². The smallest absolute Gasteiger partial charge is 0.187 e. The molecule has 0 unspecified atom stereocenters. The zero-order valence-corrected chi connectivity index (χ0v) is 74.6. The van der Waals surface area contributed by atoms with Crippen LogP contribution < -0.4 is 134 Å². The van der Waals surface area contributed by atoms with E-state index in [-0.39, 0.29) is 205 Å². The number of nitrogens with one attached hydrogen (secondary N) is 8. The maximum Gasteiger partial charge on any atom is 0.187 e. The highest BCUT2D eigenvalue weighted by molar-refractivity contribution is 5.78. The number of aliphatic hydroxyl groups excluding tert-OH is 16. The van der Waals surface area contributed by atoms with E-state index in [1.807, 2.05) is 0 Å². The molecule has 64 nitrogen and oxygen atoms in total. The van der Waals surface area contributed by atoms with Gasteiger partial charge in [-0.05, 0) is 0 Å². The van der Waals surface area contributed by atoms with Crippen LogP contribution in [0.5, 0.6) is 0 Å². The van der Waals surface area contributed by atoms with Crippen molar-refractivity contribution in [3.63, 3.8) is 0 Å². The van der Waals surface area contributed by atoms with Gasteiger partial charge in [-0.2, -0.15) is 0 Å². The van der Waals surface area contributed by atoms with Crippen molar-refractivity contribution in [2.45, 2.75) is 246 Å². The lowest BCUT2D eigenvalue weighted by molar-refractivity contribution is -0.399. The second-order valence-electron chi connectivity index (χ2n) is 33.1. The summed E-state index contributed by atoms with van der Waals surface area (Å²) >= 11 is 0. The summed E-state index contributed by atoms with van der Waals surface area (Å²) in [6, 6.07) is 0. The van der Waals surface area contributed by atoms with E-state index in [1.54, 1.807) is 0 Å². The van der Waals surface area contributed by atoms with Crippen molar-refractivity contribution in [2.24, 2.45) is 132 Å². The lowest BCUT2D eigenvalue weighted by Gasteiger charge is -2.51. The second-order valence-corrected chi connectivity index (χ2v) is 33.1. The quantitative estimate of drug-likeness (QED) is 0.0154. The van der Waals surface area contributed by atoms with E-state index in [9.17, 15) is 81.7 Å². The Morgan fingerprint density at radius 1 is 0.154 bits per heavy atom. The van der Waals surface area contributed by atoms with E-state index in [2.05, 4.69) is 82.5 Å². The van der Waals surface area contributed by atoms with Crippen LogP contribution in [0.25, 0.3) is 0 Å². The Morgan fingerprint density at radius 3 is 0.338 bits per heavy atom. The standard InChI is InChI=1S/C72H144N32O32/c73-65(74)97-9-1-89-17-25-49-33(105)41(113)57(121-25)130-50-26(18-90-2-10-98-66(75)76)123-59(43(115)35(50)107)132-52-28(20-92-4-12-100-68(79)80)125-61(45(117)37(52)109)134-54-30(22-94-6-14-102-70(83)84)127-63(47(119)39(54)111)136-56-32(24-96-8-16-104-72(87)88)128-64(48(120)40(56)112)135-55-31(23-95-7-15-103-71(85)86)126-62(46(118)38(55)110)133-53-29(21-93-5-13-101-69(81)82)124-60(44(116)36(53)108)131-51-27(19-91-3-11-99-67(77)78)122-58(129-49)42(114)34(51)106/h25-64,89-96,105-120H,1-24H2,(H4,73,74,97)(H4,75,76,98)(H4,77,78,99)(H4,79,80,100)(H4,81,82,101)(H4,83,84,102)(H4,85,86,103)(H4,87,88,104)/t25-,26-,27-,28-,29-,30-,31-,32-,33-,34-,35-,36-,37-,38-,39-,40-,41-,42-,43-,44-,45-,46-,47-,48-,49-,50-,51-,52-,53-,54-,55-,56-,57-,58-,59-,60-,61-,62-,63-,64-/m1/s1. The molecule has 0 aliphatic carbocycles. The average molecular weight is 1970 g/mol. The summed E-state index contributed by atoms with van der Waals surface area (Å²) in [5, 5.41) is 223. The van der Waals surface area contributed by atoms with Crippen molar-refractivity contribution >= 4 is 47.7 Å². The summed E-state index contributed by atoms with van der Waals surface area (Å²) in [4.78, 5) is 31.9. The summed E-state index contributed by atoms with van der Waals surface area (Å²) in [7, 11) is 0.